The zero-order valence-electron chi connectivity index (χ0n) is 29.8. The molecule has 0 amide bonds. The summed E-state index contributed by atoms with van der Waals surface area (Å²) in [6, 6.07) is 70.2. The Hall–Kier alpha value is -7.23. The van der Waals surface area contributed by atoms with Gasteiger partial charge in [0.15, 0.2) is 0 Å². The maximum absolute atomic E-state index is 6.57. The molecule has 0 saturated carbocycles. The van der Waals surface area contributed by atoms with E-state index in [0.717, 1.165) is 33.5 Å². The zero-order chi connectivity index (χ0) is 36.1. The van der Waals surface area contributed by atoms with Gasteiger partial charge in [-0.25, -0.2) is 0 Å². The lowest BCUT2D eigenvalue weighted by atomic mass is 9.70. The summed E-state index contributed by atoms with van der Waals surface area (Å²) in [5, 5.41) is 4.46. The van der Waals surface area contributed by atoms with Gasteiger partial charge >= 0.3 is 0 Å². The van der Waals surface area contributed by atoms with Crippen molar-refractivity contribution >= 4 is 50.0 Å². The van der Waals surface area contributed by atoms with Crippen LogP contribution in [0.25, 0.3) is 66.2 Å². The number of fused-ring (bicyclic) bond motifs is 15. The van der Waals surface area contributed by atoms with Crippen molar-refractivity contribution in [3.05, 3.63) is 216 Å². The monoisotopic (exact) mass is 700 g/mol. The lowest BCUT2D eigenvalue weighted by Crippen LogP contribution is -2.26. The average Bonchev–Trinajstić information content (AvgIpc) is 3.89. The largest absolute Gasteiger partial charge is 0.438 e. The van der Waals surface area contributed by atoms with Gasteiger partial charge in [0.25, 0.3) is 0 Å². The first-order chi connectivity index (χ1) is 27.3. The summed E-state index contributed by atoms with van der Waals surface area (Å²) >= 11 is 0. The van der Waals surface area contributed by atoms with Crippen LogP contribution in [0.3, 0.4) is 0 Å². The maximum atomic E-state index is 6.57. The molecule has 10 aromatic rings. The second-order valence-electron chi connectivity index (χ2n) is 14.6. The lowest BCUT2D eigenvalue weighted by molar-refractivity contribution is 0.654. The molecular weight excluding hydrogens is 669 g/mol. The van der Waals surface area contributed by atoms with E-state index in [1.807, 2.05) is 0 Å². The summed E-state index contributed by atoms with van der Waals surface area (Å²) in [5.41, 5.74) is 15.7. The van der Waals surface area contributed by atoms with Gasteiger partial charge in [-0.2, -0.15) is 4.98 Å². The second-order valence-corrected chi connectivity index (χ2v) is 14.6. The molecule has 0 bridgehead atoms. The molecule has 2 heterocycles. The highest BCUT2D eigenvalue weighted by Gasteiger charge is 2.52. The van der Waals surface area contributed by atoms with Gasteiger partial charge in [-0.1, -0.05) is 158 Å². The Morgan fingerprint density at radius 2 is 1.05 bits per heavy atom. The molecule has 12 rings (SSSR count). The van der Waals surface area contributed by atoms with E-state index in [4.69, 9.17) is 9.40 Å². The summed E-state index contributed by atoms with van der Waals surface area (Å²) in [6.07, 6.45) is 0. The third-order valence-electron chi connectivity index (χ3n) is 11.9. The van der Waals surface area contributed by atoms with E-state index in [-0.39, 0.29) is 0 Å². The van der Waals surface area contributed by atoms with Crippen LogP contribution in [0.4, 0.5) is 17.2 Å². The van der Waals surface area contributed by atoms with Gasteiger partial charge < -0.3 is 4.42 Å². The van der Waals surface area contributed by atoms with Crippen molar-refractivity contribution in [3.8, 4) is 33.4 Å². The Morgan fingerprint density at radius 1 is 0.436 bits per heavy atom. The van der Waals surface area contributed by atoms with Crippen LogP contribution in [0.15, 0.2) is 199 Å². The van der Waals surface area contributed by atoms with Gasteiger partial charge in [0, 0.05) is 22.0 Å². The number of benzene rings is 8. The Labute approximate surface area is 318 Å². The first-order valence-corrected chi connectivity index (χ1v) is 18.9. The third kappa shape index (κ3) is 4.12. The SMILES string of the molecule is c1ccc(-c2ccc(N(c3ccc4c(n3)oc3ccc5ccccc5c34)c3cccc4c3-c3ccccc3C43c4ccccc4-c4ccccc43)cc2)cc1. The highest BCUT2D eigenvalue weighted by molar-refractivity contribution is 6.18. The van der Waals surface area contributed by atoms with E-state index in [0.29, 0.717) is 5.71 Å². The minimum atomic E-state index is -0.449. The molecule has 55 heavy (non-hydrogen) atoms. The normalized spacial score (nSPS) is 13.2. The Bertz CT molecular complexity index is 3110. The molecule has 1 spiro atoms. The van der Waals surface area contributed by atoms with Crippen molar-refractivity contribution in [2.75, 3.05) is 4.90 Å². The smallest absolute Gasteiger partial charge is 0.229 e. The van der Waals surface area contributed by atoms with Crippen LogP contribution in [0.2, 0.25) is 0 Å². The van der Waals surface area contributed by atoms with Crippen LogP contribution in [-0.4, -0.2) is 4.98 Å². The Morgan fingerprint density at radius 3 is 1.82 bits per heavy atom. The van der Waals surface area contributed by atoms with Crippen LogP contribution in [0, 0.1) is 0 Å². The molecule has 3 nitrogen and oxygen atoms in total. The van der Waals surface area contributed by atoms with Crippen molar-refractivity contribution in [2.24, 2.45) is 0 Å². The number of nitrogens with zero attached hydrogens (tertiary/aromatic N) is 2. The van der Waals surface area contributed by atoms with E-state index < -0.39 is 5.41 Å². The summed E-state index contributed by atoms with van der Waals surface area (Å²) in [6.45, 7) is 0. The quantitative estimate of drug-likeness (QED) is 0.183. The first kappa shape index (κ1) is 30.3. The fourth-order valence-electron chi connectivity index (χ4n) is 9.68. The summed E-state index contributed by atoms with van der Waals surface area (Å²) in [5.74, 6) is 0.794. The molecule has 0 atom stereocenters. The van der Waals surface area contributed by atoms with Crippen LogP contribution in [0.1, 0.15) is 22.3 Å². The number of anilines is 3. The number of rotatable bonds is 4. The lowest BCUT2D eigenvalue weighted by Gasteiger charge is -2.31. The number of aromatic nitrogens is 1. The standard InChI is InChI=1S/C52H32N2O/c1-2-13-33(14-3-1)34-25-28-36(29-26-34)54(48-32-30-41-49-37-16-5-4-15-35(37)27-31-47(49)55-51(41)53-48)46-24-12-23-45-50(46)40-19-8-11-22-44(40)52(45)42-20-9-6-17-38(42)39-18-7-10-21-43(39)52/h1-32H. The molecule has 256 valence electrons. The first-order valence-electron chi connectivity index (χ1n) is 18.9. The van der Waals surface area contributed by atoms with Crippen molar-refractivity contribution < 1.29 is 4.42 Å². The number of pyridine rings is 1. The van der Waals surface area contributed by atoms with Gasteiger partial charge in [-0.05, 0) is 97.2 Å². The van der Waals surface area contributed by atoms with Crippen LogP contribution >= 0.6 is 0 Å². The molecule has 3 heteroatoms. The van der Waals surface area contributed by atoms with Gasteiger partial charge in [0.1, 0.15) is 11.4 Å². The molecule has 0 unspecified atom stereocenters. The third-order valence-corrected chi connectivity index (χ3v) is 11.9. The van der Waals surface area contributed by atoms with Crippen LogP contribution < -0.4 is 4.90 Å². The van der Waals surface area contributed by atoms with E-state index in [1.165, 1.54) is 66.4 Å². The molecule has 0 N–H and O–H groups in total. The highest BCUT2D eigenvalue weighted by atomic mass is 16.3. The predicted octanol–water partition coefficient (Wildman–Crippen LogP) is 13.6. The van der Waals surface area contributed by atoms with E-state index in [9.17, 15) is 0 Å². The maximum Gasteiger partial charge on any atom is 0.229 e. The minimum Gasteiger partial charge on any atom is -0.438 e. The van der Waals surface area contributed by atoms with Gasteiger partial charge in [-0.3, -0.25) is 4.90 Å². The van der Waals surface area contributed by atoms with Crippen LogP contribution in [-0.2, 0) is 5.41 Å². The van der Waals surface area contributed by atoms with Crippen molar-refractivity contribution in [2.45, 2.75) is 5.41 Å². The van der Waals surface area contributed by atoms with Crippen molar-refractivity contribution in [1.29, 1.82) is 0 Å². The fraction of sp³-hybridized carbons (Fsp3) is 0.0192. The average molecular weight is 701 g/mol. The fourth-order valence-corrected chi connectivity index (χ4v) is 9.68. The molecule has 2 aliphatic rings. The molecule has 0 aliphatic heterocycles. The van der Waals surface area contributed by atoms with Crippen molar-refractivity contribution in [1.82, 2.24) is 4.98 Å². The van der Waals surface area contributed by atoms with E-state index in [1.54, 1.807) is 0 Å². The minimum absolute atomic E-state index is 0.449. The number of furan rings is 1. The van der Waals surface area contributed by atoms with Gasteiger partial charge in [0.05, 0.1) is 11.1 Å². The Balaban J connectivity index is 1.13. The molecule has 2 aliphatic carbocycles. The molecule has 0 fully saturated rings. The molecule has 8 aromatic carbocycles. The summed E-state index contributed by atoms with van der Waals surface area (Å²) < 4.78 is 6.57. The van der Waals surface area contributed by atoms with E-state index in [2.05, 4.69) is 199 Å². The van der Waals surface area contributed by atoms with E-state index >= 15 is 0 Å². The molecule has 2 aromatic heterocycles. The van der Waals surface area contributed by atoms with Crippen molar-refractivity contribution in [3.63, 3.8) is 0 Å². The summed E-state index contributed by atoms with van der Waals surface area (Å²) in [7, 11) is 0. The summed E-state index contributed by atoms with van der Waals surface area (Å²) in [4.78, 5) is 7.67. The predicted molar refractivity (Wildman–Crippen MR) is 225 cm³/mol. The molecular formula is C52H32N2O. The molecule has 0 saturated heterocycles. The van der Waals surface area contributed by atoms with Gasteiger partial charge in [-0.15, -0.1) is 0 Å². The zero-order valence-corrected chi connectivity index (χ0v) is 29.8. The molecule has 0 radical (unpaired) electrons. The number of hydrogen-bond donors (Lipinski definition) is 0. The topological polar surface area (TPSA) is 29.3 Å². The highest BCUT2D eigenvalue weighted by Crippen LogP contribution is 2.64. The Kier molecular flexibility index (Phi) is 6.26. The van der Waals surface area contributed by atoms with Gasteiger partial charge in [0.2, 0.25) is 5.71 Å². The number of hydrogen-bond acceptors (Lipinski definition) is 3. The van der Waals surface area contributed by atoms with Crippen LogP contribution in [0.5, 0.6) is 0 Å². The second kappa shape index (κ2) is 11.4.